The van der Waals surface area contributed by atoms with Crippen molar-refractivity contribution < 1.29 is 4.79 Å². The Bertz CT molecular complexity index is 793. The highest BCUT2D eigenvalue weighted by Gasteiger charge is 2.10. The monoisotopic (exact) mass is 282 g/mol. The largest absolute Gasteiger partial charge is 0.359 e. The molecule has 2 N–H and O–H groups in total. The molecule has 0 saturated heterocycles. The average molecular weight is 282 g/mol. The fourth-order valence-electron chi connectivity index (χ4n) is 2.38. The predicted molar refractivity (Wildman–Crippen MR) is 82.2 cm³/mol. The van der Waals surface area contributed by atoms with Gasteiger partial charge in [-0.3, -0.25) is 9.48 Å². The van der Waals surface area contributed by atoms with Gasteiger partial charge < -0.3 is 10.3 Å². The summed E-state index contributed by atoms with van der Waals surface area (Å²) in [6.07, 6.45) is 0. The van der Waals surface area contributed by atoms with E-state index in [4.69, 9.17) is 0 Å². The van der Waals surface area contributed by atoms with Crippen molar-refractivity contribution in [3.63, 3.8) is 0 Å². The minimum atomic E-state index is -0.149. The predicted octanol–water partition coefficient (Wildman–Crippen LogP) is 2.45. The van der Waals surface area contributed by atoms with Crippen LogP contribution < -0.4 is 5.32 Å². The van der Waals surface area contributed by atoms with Gasteiger partial charge in [-0.2, -0.15) is 5.10 Å². The molecule has 21 heavy (non-hydrogen) atoms. The highest BCUT2D eigenvalue weighted by molar-refractivity contribution is 5.92. The number of hydrogen-bond acceptors (Lipinski definition) is 2. The SMILES string of the molecule is Cc1cc2cc(CNC(=O)c3cc(C)n(C)n3)ccc2[nH]1. The summed E-state index contributed by atoms with van der Waals surface area (Å²) in [7, 11) is 1.83. The van der Waals surface area contributed by atoms with Crippen LogP contribution in [0.5, 0.6) is 0 Å². The minimum Gasteiger partial charge on any atom is -0.359 e. The van der Waals surface area contributed by atoms with Crippen molar-refractivity contribution in [3.8, 4) is 0 Å². The van der Waals surface area contributed by atoms with Crippen LogP contribution in [-0.4, -0.2) is 20.7 Å². The molecule has 108 valence electrons. The van der Waals surface area contributed by atoms with E-state index < -0.39 is 0 Å². The van der Waals surface area contributed by atoms with Gasteiger partial charge in [0.25, 0.3) is 5.91 Å². The summed E-state index contributed by atoms with van der Waals surface area (Å²) in [6.45, 7) is 4.45. The Morgan fingerprint density at radius 1 is 1.29 bits per heavy atom. The summed E-state index contributed by atoms with van der Waals surface area (Å²) >= 11 is 0. The summed E-state index contributed by atoms with van der Waals surface area (Å²) in [6, 6.07) is 10.0. The Hall–Kier alpha value is -2.56. The molecule has 1 aromatic carbocycles. The number of H-pyrrole nitrogens is 1. The molecule has 5 nitrogen and oxygen atoms in total. The molecular weight excluding hydrogens is 264 g/mol. The molecule has 3 aromatic rings. The van der Waals surface area contributed by atoms with Crippen LogP contribution in [0.2, 0.25) is 0 Å². The lowest BCUT2D eigenvalue weighted by atomic mass is 10.1. The number of aromatic nitrogens is 3. The van der Waals surface area contributed by atoms with E-state index in [-0.39, 0.29) is 5.91 Å². The number of aryl methyl sites for hydroxylation is 3. The van der Waals surface area contributed by atoms with Crippen molar-refractivity contribution >= 4 is 16.8 Å². The first-order chi connectivity index (χ1) is 10.0. The molecule has 0 spiro atoms. The number of carbonyl (C=O) groups excluding carboxylic acids is 1. The Kier molecular flexibility index (Phi) is 3.25. The maximum Gasteiger partial charge on any atom is 0.272 e. The van der Waals surface area contributed by atoms with Crippen LogP contribution in [0.1, 0.15) is 27.4 Å². The van der Waals surface area contributed by atoms with Crippen LogP contribution in [0.4, 0.5) is 0 Å². The number of nitrogens with zero attached hydrogens (tertiary/aromatic N) is 2. The topological polar surface area (TPSA) is 62.7 Å². The van der Waals surface area contributed by atoms with Gasteiger partial charge in [-0.25, -0.2) is 0 Å². The van der Waals surface area contributed by atoms with Crippen LogP contribution in [-0.2, 0) is 13.6 Å². The second-order valence-electron chi connectivity index (χ2n) is 5.35. The molecule has 0 atom stereocenters. The van der Waals surface area contributed by atoms with E-state index in [1.54, 1.807) is 10.7 Å². The van der Waals surface area contributed by atoms with Crippen LogP contribution in [0.15, 0.2) is 30.3 Å². The number of fused-ring (bicyclic) bond motifs is 1. The number of benzene rings is 1. The molecule has 0 fully saturated rings. The third kappa shape index (κ3) is 2.67. The molecule has 5 heteroatoms. The van der Waals surface area contributed by atoms with Crippen molar-refractivity contribution in [1.82, 2.24) is 20.1 Å². The van der Waals surface area contributed by atoms with Crippen LogP contribution in [0.3, 0.4) is 0 Å². The smallest absolute Gasteiger partial charge is 0.272 e. The number of rotatable bonds is 3. The first-order valence-corrected chi connectivity index (χ1v) is 6.90. The second-order valence-corrected chi connectivity index (χ2v) is 5.35. The summed E-state index contributed by atoms with van der Waals surface area (Å²) in [4.78, 5) is 15.3. The summed E-state index contributed by atoms with van der Waals surface area (Å²) in [5.74, 6) is -0.149. The third-order valence-electron chi connectivity index (χ3n) is 3.62. The molecule has 2 aromatic heterocycles. The van der Waals surface area contributed by atoms with Crippen molar-refractivity contribution in [3.05, 3.63) is 53.0 Å². The van der Waals surface area contributed by atoms with Crippen molar-refractivity contribution in [2.75, 3.05) is 0 Å². The molecule has 0 aliphatic rings. The standard InChI is InChI=1S/C16H18N4O/c1-10-6-13-8-12(4-5-14(13)18-10)9-17-16(21)15-7-11(2)20(3)19-15/h4-8,18H,9H2,1-3H3,(H,17,21). The van der Waals surface area contributed by atoms with Crippen LogP contribution >= 0.6 is 0 Å². The maximum atomic E-state index is 12.1. The van der Waals surface area contributed by atoms with Crippen molar-refractivity contribution in [2.24, 2.45) is 7.05 Å². The van der Waals surface area contributed by atoms with E-state index in [0.29, 0.717) is 12.2 Å². The first kappa shape index (κ1) is 13.4. The van der Waals surface area contributed by atoms with Gasteiger partial charge in [-0.15, -0.1) is 0 Å². The van der Waals surface area contributed by atoms with Crippen molar-refractivity contribution in [2.45, 2.75) is 20.4 Å². The number of amides is 1. The summed E-state index contributed by atoms with van der Waals surface area (Å²) in [5, 5.41) is 8.24. The zero-order valence-corrected chi connectivity index (χ0v) is 12.4. The number of hydrogen-bond donors (Lipinski definition) is 2. The van der Waals surface area contributed by atoms with E-state index >= 15 is 0 Å². The van der Waals surface area contributed by atoms with Gasteiger partial charge in [-0.1, -0.05) is 6.07 Å². The van der Waals surface area contributed by atoms with E-state index in [1.165, 1.54) is 0 Å². The highest BCUT2D eigenvalue weighted by atomic mass is 16.1. The number of aromatic amines is 1. The molecule has 3 rings (SSSR count). The average Bonchev–Trinajstić information content (AvgIpc) is 2.98. The van der Waals surface area contributed by atoms with Gasteiger partial charge >= 0.3 is 0 Å². The molecule has 0 saturated carbocycles. The number of carbonyl (C=O) groups is 1. The lowest BCUT2D eigenvalue weighted by molar-refractivity contribution is 0.0945. The molecule has 1 amide bonds. The lowest BCUT2D eigenvalue weighted by Crippen LogP contribution is -2.23. The van der Waals surface area contributed by atoms with Gasteiger partial charge in [0.1, 0.15) is 5.69 Å². The molecule has 0 aliphatic heterocycles. The Morgan fingerprint density at radius 3 is 2.81 bits per heavy atom. The molecule has 0 unspecified atom stereocenters. The van der Waals surface area contributed by atoms with Crippen LogP contribution in [0.25, 0.3) is 10.9 Å². The van der Waals surface area contributed by atoms with Gasteiger partial charge in [0.15, 0.2) is 0 Å². The summed E-state index contributed by atoms with van der Waals surface area (Å²) in [5.41, 5.74) is 4.73. The van der Waals surface area contributed by atoms with E-state index in [1.807, 2.05) is 33.0 Å². The van der Waals surface area contributed by atoms with Gasteiger partial charge in [0.2, 0.25) is 0 Å². The zero-order valence-electron chi connectivity index (χ0n) is 12.4. The normalized spacial score (nSPS) is 11.0. The second kappa shape index (κ2) is 5.09. The first-order valence-electron chi connectivity index (χ1n) is 6.90. The molecular formula is C16H18N4O. The van der Waals surface area contributed by atoms with Crippen molar-refractivity contribution in [1.29, 1.82) is 0 Å². The highest BCUT2D eigenvalue weighted by Crippen LogP contribution is 2.16. The van der Waals surface area contributed by atoms with E-state index in [0.717, 1.165) is 27.9 Å². The number of nitrogens with one attached hydrogen (secondary N) is 2. The van der Waals surface area contributed by atoms with Gasteiger partial charge in [0, 0.05) is 30.5 Å². The molecule has 2 heterocycles. The van der Waals surface area contributed by atoms with Crippen LogP contribution in [0, 0.1) is 13.8 Å². The Morgan fingerprint density at radius 2 is 2.10 bits per heavy atom. The molecule has 0 bridgehead atoms. The van der Waals surface area contributed by atoms with E-state index in [9.17, 15) is 4.79 Å². The fourth-order valence-corrected chi connectivity index (χ4v) is 2.38. The third-order valence-corrected chi connectivity index (χ3v) is 3.62. The maximum absolute atomic E-state index is 12.1. The fraction of sp³-hybridized carbons (Fsp3) is 0.250. The Labute approximate surface area is 123 Å². The minimum absolute atomic E-state index is 0.149. The lowest BCUT2D eigenvalue weighted by Gasteiger charge is -2.03. The quantitative estimate of drug-likeness (QED) is 0.775. The Balaban J connectivity index is 1.72. The zero-order chi connectivity index (χ0) is 15.0. The molecule has 0 radical (unpaired) electrons. The summed E-state index contributed by atoms with van der Waals surface area (Å²) < 4.78 is 1.70. The molecule has 0 aliphatic carbocycles. The van der Waals surface area contributed by atoms with E-state index in [2.05, 4.69) is 27.5 Å². The van der Waals surface area contributed by atoms with Gasteiger partial charge in [-0.05, 0) is 49.1 Å². The van der Waals surface area contributed by atoms with Gasteiger partial charge in [0.05, 0.1) is 0 Å².